The average Bonchev–Trinajstić information content (AvgIpc) is 2.58. The molecule has 0 aromatic heterocycles. The summed E-state index contributed by atoms with van der Waals surface area (Å²) in [6.45, 7) is 2.60. The van der Waals surface area contributed by atoms with Crippen molar-refractivity contribution in [2.24, 2.45) is 23.7 Å². The summed E-state index contributed by atoms with van der Waals surface area (Å²) in [5.41, 5.74) is 0. The minimum atomic E-state index is 0.812. The van der Waals surface area contributed by atoms with Gasteiger partial charge in [-0.25, -0.2) is 0 Å². The van der Waals surface area contributed by atoms with Gasteiger partial charge >= 0.3 is 0 Å². The molecule has 1 aliphatic heterocycles. The molecule has 1 saturated heterocycles. The molecule has 0 aromatic rings. The number of nitrogens with zero attached hydrogens (tertiary/aromatic N) is 1. The Morgan fingerprint density at radius 3 is 2.21 bits per heavy atom. The highest BCUT2D eigenvalue weighted by molar-refractivity contribution is 5.02. The SMILES string of the molecule is CN1CCCC(NC2C3CC4CC(C3)CC2C4)CC1. The first-order valence-corrected chi connectivity index (χ1v) is 8.72. The molecule has 0 aromatic carbocycles. The lowest BCUT2D eigenvalue weighted by Crippen LogP contribution is -2.56. The van der Waals surface area contributed by atoms with Gasteiger partial charge in [-0.2, -0.15) is 0 Å². The highest BCUT2D eigenvalue weighted by Gasteiger charge is 2.48. The van der Waals surface area contributed by atoms with Crippen LogP contribution in [-0.4, -0.2) is 37.1 Å². The van der Waals surface area contributed by atoms with Crippen molar-refractivity contribution in [1.29, 1.82) is 0 Å². The van der Waals surface area contributed by atoms with Crippen molar-refractivity contribution in [3.05, 3.63) is 0 Å². The van der Waals surface area contributed by atoms with Crippen LogP contribution in [0.1, 0.15) is 51.4 Å². The van der Waals surface area contributed by atoms with Crippen molar-refractivity contribution in [2.45, 2.75) is 63.5 Å². The minimum Gasteiger partial charge on any atom is -0.311 e. The van der Waals surface area contributed by atoms with E-state index in [2.05, 4.69) is 17.3 Å². The van der Waals surface area contributed by atoms with Crippen LogP contribution >= 0.6 is 0 Å². The predicted octanol–water partition coefficient (Wildman–Crippen LogP) is 2.89. The summed E-state index contributed by atoms with van der Waals surface area (Å²) in [6, 6.07) is 1.70. The van der Waals surface area contributed by atoms with Crippen LogP contribution in [0.3, 0.4) is 0 Å². The zero-order valence-electron chi connectivity index (χ0n) is 12.5. The van der Waals surface area contributed by atoms with Gasteiger partial charge in [-0.05, 0) is 95.2 Å². The first kappa shape index (κ1) is 12.6. The first-order valence-electron chi connectivity index (χ1n) is 8.72. The molecule has 0 spiro atoms. The lowest BCUT2D eigenvalue weighted by atomic mass is 9.54. The Hall–Kier alpha value is -0.0800. The number of likely N-dealkylation sites (tertiary alicyclic amines) is 1. The molecule has 108 valence electrons. The highest BCUT2D eigenvalue weighted by atomic mass is 15.1. The summed E-state index contributed by atoms with van der Waals surface area (Å²) >= 11 is 0. The quantitative estimate of drug-likeness (QED) is 0.823. The summed E-state index contributed by atoms with van der Waals surface area (Å²) in [5.74, 6) is 4.30. The summed E-state index contributed by atoms with van der Waals surface area (Å²) in [4.78, 5) is 2.51. The molecule has 1 N–H and O–H groups in total. The maximum absolute atomic E-state index is 4.13. The molecule has 2 nitrogen and oxygen atoms in total. The largest absolute Gasteiger partial charge is 0.311 e. The van der Waals surface area contributed by atoms with Gasteiger partial charge in [-0.1, -0.05) is 0 Å². The second-order valence-corrected chi connectivity index (χ2v) is 8.05. The molecule has 5 rings (SSSR count). The fourth-order valence-electron chi connectivity index (χ4n) is 5.88. The van der Waals surface area contributed by atoms with Crippen molar-refractivity contribution in [1.82, 2.24) is 10.2 Å². The van der Waals surface area contributed by atoms with Crippen molar-refractivity contribution < 1.29 is 0 Å². The van der Waals surface area contributed by atoms with E-state index in [1.54, 1.807) is 32.1 Å². The van der Waals surface area contributed by atoms with Crippen LogP contribution < -0.4 is 5.32 Å². The number of nitrogens with one attached hydrogen (secondary N) is 1. The molecule has 0 amide bonds. The minimum absolute atomic E-state index is 0.812. The van der Waals surface area contributed by atoms with Crippen molar-refractivity contribution in [3.8, 4) is 0 Å². The molecule has 19 heavy (non-hydrogen) atoms. The Bertz CT molecular complexity index is 299. The first-order chi connectivity index (χ1) is 9.28. The van der Waals surface area contributed by atoms with Crippen molar-refractivity contribution >= 4 is 0 Å². The van der Waals surface area contributed by atoms with E-state index < -0.39 is 0 Å². The lowest BCUT2D eigenvalue weighted by Gasteiger charge is -2.55. The fraction of sp³-hybridized carbons (Fsp3) is 1.00. The number of hydrogen-bond acceptors (Lipinski definition) is 2. The van der Waals surface area contributed by atoms with E-state index >= 15 is 0 Å². The summed E-state index contributed by atoms with van der Waals surface area (Å²) < 4.78 is 0. The molecule has 2 heteroatoms. The Labute approximate surface area is 118 Å². The molecule has 1 unspecified atom stereocenters. The van der Waals surface area contributed by atoms with Crippen molar-refractivity contribution in [2.75, 3.05) is 20.1 Å². The predicted molar refractivity (Wildman–Crippen MR) is 79.1 cm³/mol. The Morgan fingerprint density at radius 2 is 1.53 bits per heavy atom. The number of hydrogen-bond donors (Lipinski definition) is 1. The molecule has 5 fully saturated rings. The second kappa shape index (κ2) is 5.04. The van der Waals surface area contributed by atoms with Gasteiger partial charge in [-0.15, -0.1) is 0 Å². The monoisotopic (exact) mass is 262 g/mol. The van der Waals surface area contributed by atoms with Crippen LogP contribution in [0.25, 0.3) is 0 Å². The summed E-state index contributed by atoms with van der Waals surface area (Å²) in [6.07, 6.45) is 12.0. The molecular formula is C17H30N2. The van der Waals surface area contributed by atoms with E-state index in [-0.39, 0.29) is 0 Å². The van der Waals surface area contributed by atoms with Crippen LogP contribution in [0.2, 0.25) is 0 Å². The van der Waals surface area contributed by atoms with Gasteiger partial charge in [0.1, 0.15) is 0 Å². The smallest absolute Gasteiger partial charge is 0.0127 e. The van der Waals surface area contributed by atoms with Gasteiger partial charge in [0.05, 0.1) is 0 Å². The lowest BCUT2D eigenvalue weighted by molar-refractivity contribution is -0.0182. The topological polar surface area (TPSA) is 15.3 Å². The number of rotatable bonds is 2. The van der Waals surface area contributed by atoms with Crippen molar-refractivity contribution in [3.63, 3.8) is 0 Å². The van der Waals surface area contributed by atoms with Gasteiger partial charge in [0.2, 0.25) is 0 Å². The fourth-order valence-corrected chi connectivity index (χ4v) is 5.88. The standard InChI is InChI=1S/C17H30N2/c1-19-5-2-3-16(4-6-19)18-17-14-8-12-7-13(10-14)11-15(17)9-12/h12-18H,2-11H2,1H3. The third kappa shape index (κ3) is 2.47. The molecule has 1 atom stereocenters. The van der Waals surface area contributed by atoms with Gasteiger partial charge in [0.15, 0.2) is 0 Å². The Morgan fingerprint density at radius 1 is 0.842 bits per heavy atom. The van der Waals surface area contributed by atoms with E-state index in [0.717, 1.165) is 35.8 Å². The third-order valence-corrected chi connectivity index (χ3v) is 6.61. The molecule has 4 bridgehead atoms. The molecule has 4 aliphatic carbocycles. The highest BCUT2D eigenvalue weighted by Crippen LogP contribution is 2.53. The zero-order chi connectivity index (χ0) is 12.8. The normalized spacial score (nSPS) is 50.4. The van der Waals surface area contributed by atoms with E-state index in [1.165, 1.54) is 32.4 Å². The van der Waals surface area contributed by atoms with Crippen LogP contribution in [0.5, 0.6) is 0 Å². The van der Waals surface area contributed by atoms with E-state index in [1.807, 2.05) is 0 Å². The summed E-state index contributed by atoms with van der Waals surface area (Å²) in [7, 11) is 2.28. The van der Waals surface area contributed by atoms with E-state index in [9.17, 15) is 0 Å². The second-order valence-electron chi connectivity index (χ2n) is 8.05. The van der Waals surface area contributed by atoms with Gasteiger partial charge in [0.25, 0.3) is 0 Å². The third-order valence-electron chi connectivity index (χ3n) is 6.61. The Kier molecular flexibility index (Phi) is 3.35. The van der Waals surface area contributed by atoms with Crippen LogP contribution in [0.15, 0.2) is 0 Å². The molecular weight excluding hydrogens is 232 g/mol. The van der Waals surface area contributed by atoms with Gasteiger partial charge < -0.3 is 10.2 Å². The zero-order valence-corrected chi connectivity index (χ0v) is 12.5. The van der Waals surface area contributed by atoms with Gasteiger partial charge in [0, 0.05) is 12.1 Å². The molecule has 4 saturated carbocycles. The van der Waals surface area contributed by atoms with Gasteiger partial charge in [-0.3, -0.25) is 0 Å². The molecule has 1 heterocycles. The Balaban J connectivity index is 1.40. The van der Waals surface area contributed by atoms with Crippen LogP contribution in [-0.2, 0) is 0 Å². The summed E-state index contributed by atoms with van der Waals surface area (Å²) in [5, 5.41) is 4.13. The van der Waals surface area contributed by atoms with E-state index in [0.29, 0.717) is 0 Å². The maximum atomic E-state index is 4.13. The molecule has 5 aliphatic rings. The maximum Gasteiger partial charge on any atom is 0.0127 e. The van der Waals surface area contributed by atoms with E-state index in [4.69, 9.17) is 0 Å². The van der Waals surface area contributed by atoms with Crippen LogP contribution in [0.4, 0.5) is 0 Å². The van der Waals surface area contributed by atoms with Crippen LogP contribution in [0, 0.1) is 23.7 Å². The molecule has 0 radical (unpaired) electrons. The average molecular weight is 262 g/mol.